The molecular weight excluding hydrogens is 426 g/mol. The van der Waals surface area contributed by atoms with E-state index < -0.39 is 10.8 Å². The molecule has 2 heterocycles. The Morgan fingerprint density at radius 3 is 2.64 bits per heavy atom. The minimum Gasteiger partial charge on any atom is -0.496 e. The van der Waals surface area contributed by atoms with E-state index in [0.717, 1.165) is 11.1 Å². The Morgan fingerprint density at radius 1 is 1.27 bits per heavy atom. The van der Waals surface area contributed by atoms with Crippen LogP contribution in [0.1, 0.15) is 61.5 Å². The van der Waals surface area contributed by atoms with Crippen LogP contribution in [0.4, 0.5) is 5.69 Å². The van der Waals surface area contributed by atoms with Crippen LogP contribution in [0.3, 0.4) is 0 Å². The highest BCUT2D eigenvalue weighted by Gasteiger charge is 2.42. The molecule has 1 aliphatic carbocycles. The molecule has 0 N–H and O–H groups in total. The van der Waals surface area contributed by atoms with Crippen molar-refractivity contribution in [1.29, 1.82) is 0 Å². The molecule has 0 radical (unpaired) electrons. The summed E-state index contributed by atoms with van der Waals surface area (Å²) in [6, 6.07) is 5.54. The molecule has 9 nitrogen and oxygen atoms in total. The maximum absolute atomic E-state index is 13.0. The Hall–Kier alpha value is -3.49. The van der Waals surface area contributed by atoms with Gasteiger partial charge in [0.1, 0.15) is 22.9 Å². The first kappa shape index (κ1) is 22.7. The van der Waals surface area contributed by atoms with Crippen molar-refractivity contribution in [2.24, 2.45) is 5.41 Å². The van der Waals surface area contributed by atoms with Crippen LogP contribution in [0.15, 0.2) is 29.5 Å². The molecule has 1 aliphatic heterocycles. The van der Waals surface area contributed by atoms with E-state index in [1.165, 1.54) is 0 Å². The highest BCUT2D eigenvalue weighted by atomic mass is 16.6. The second-order valence-corrected chi connectivity index (χ2v) is 9.51. The minimum absolute atomic E-state index is 0.00490. The van der Waals surface area contributed by atoms with E-state index >= 15 is 0 Å². The van der Waals surface area contributed by atoms with Crippen molar-refractivity contribution < 1.29 is 24.0 Å². The summed E-state index contributed by atoms with van der Waals surface area (Å²) in [5, 5.41) is 15.7. The van der Waals surface area contributed by atoms with Crippen LogP contribution in [0.5, 0.6) is 5.75 Å². The Kier molecular flexibility index (Phi) is 5.59. The highest BCUT2D eigenvalue weighted by molar-refractivity contribution is 6.00. The summed E-state index contributed by atoms with van der Waals surface area (Å²) in [6.45, 7) is 7.50. The second kappa shape index (κ2) is 8.13. The van der Waals surface area contributed by atoms with Gasteiger partial charge in [0.25, 0.3) is 0 Å². The molecule has 1 aromatic carbocycles. The van der Waals surface area contributed by atoms with Crippen molar-refractivity contribution >= 4 is 17.4 Å². The number of methoxy groups -OCH3 is 1. The number of hydrogen-bond donors (Lipinski definition) is 0. The molecule has 0 spiro atoms. The van der Waals surface area contributed by atoms with Gasteiger partial charge >= 0.3 is 11.7 Å². The normalized spacial score (nSPS) is 19.8. The zero-order valence-corrected chi connectivity index (χ0v) is 19.4. The summed E-state index contributed by atoms with van der Waals surface area (Å²) in [5.41, 5.74) is 2.65. The number of nitrogens with zero attached hydrogens (tertiary/aromatic N) is 3. The zero-order chi connectivity index (χ0) is 24.1. The summed E-state index contributed by atoms with van der Waals surface area (Å²) in [5.74, 6) is 0.326. The molecule has 0 amide bonds. The van der Waals surface area contributed by atoms with Gasteiger partial charge in [-0.05, 0) is 37.0 Å². The predicted octanol–water partition coefficient (Wildman–Crippen LogP) is 4.14. The minimum atomic E-state index is -0.431. The topological polar surface area (TPSA) is 114 Å². The average Bonchev–Trinajstić information content (AvgIpc) is 2.99. The number of benzene rings is 1. The second-order valence-electron chi connectivity index (χ2n) is 9.51. The lowest BCUT2D eigenvalue weighted by molar-refractivity contribution is -0.386. The van der Waals surface area contributed by atoms with Gasteiger partial charge in [0.05, 0.1) is 25.0 Å². The van der Waals surface area contributed by atoms with Gasteiger partial charge < -0.3 is 9.47 Å². The van der Waals surface area contributed by atoms with E-state index in [9.17, 15) is 19.7 Å². The van der Waals surface area contributed by atoms with Gasteiger partial charge in [0.15, 0.2) is 5.78 Å². The molecule has 0 saturated carbocycles. The Balaban J connectivity index is 1.76. The van der Waals surface area contributed by atoms with E-state index in [4.69, 9.17) is 9.47 Å². The van der Waals surface area contributed by atoms with Crippen molar-refractivity contribution in [2.75, 3.05) is 7.11 Å². The molecule has 0 unspecified atom stereocenters. The van der Waals surface area contributed by atoms with Gasteiger partial charge in [-0.2, -0.15) is 5.10 Å². The number of carbonyl (C=O) groups is 2. The van der Waals surface area contributed by atoms with Crippen LogP contribution in [0.25, 0.3) is 0 Å². The SMILES string of the molecule is COc1ccc([C@@H]2CC(=O)OC3=C2C(=O)CC(C)(C)C3)cc1Cn1nc(C)c([N+](=O)[O-])c1C. The first-order valence-electron chi connectivity index (χ1n) is 10.8. The van der Waals surface area contributed by atoms with Crippen LogP contribution in [0, 0.1) is 29.4 Å². The molecule has 0 bridgehead atoms. The van der Waals surface area contributed by atoms with Gasteiger partial charge in [0.2, 0.25) is 0 Å². The number of esters is 1. The van der Waals surface area contributed by atoms with Gasteiger partial charge in [0, 0.05) is 29.9 Å². The molecule has 1 aromatic heterocycles. The quantitative estimate of drug-likeness (QED) is 0.380. The molecule has 174 valence electrons. The smallest absolute Gasteiger partial charge is 0.312 e. The number of hydrogen-bond acceptors (Lipinski definition) is 7. The first-order valence-corrected chi connectivity index (χ1v) is 10.8. The fourth-order valence-corrected chi connectivity index (χ4v) is 4.90. The van der Waals surface area contributed by atoms with Crippen molar-refractivity contribution in [3.63, 3.8) is 0 Å². The summed E-state index contributed by atoms with van der Waals surface area (Å²) in [7, 11) is 1.55. The number of Topliss-reactive ketones (excluding diaryl/α,β-unsaturated/α-hetero) is 1. The third-order valence-electron chi connectivity index (χ3n) is 6.39. The van der Waals surface area contributed by atoms with Crippen LogP contribution in [0.2, 0.25) is 0 Å². The lowest BCUT2D eigenvalue weighted by Crippen LogP contribution is -2.33. The van der Waals surface area contributed by atoms with Crippen LogP contribution >= 0.6 is 0 Å². The van der Waals surface area contributed by atoms with Crippen molar-refractivity contribution in [3.8, 4) is 5.75 Å². The fourth-order valence-electron chi connectivity index (χ4n) is 4.90. The maximum Gasteiger partial charge on any atom is 0.312 e. The van der Waals surface area contributed by atoms with E-state index in [1.807, 2.05) is 26.0 Å². The molecule has 2 aliphatic rings. The Morgan fingerprint density at radius 2 is 2.00 bits per heavy atom. The zero-order valence-electron chi connectivity index (χ0n) is 19.4. The molecule has 1 atom stereocenters. The lowest BCUT2D eigenvalue weighted by atomic mass is 9.71. The fraction of sp³-hybridized carbons (Fsp3) is 0.458. The third-order valence-corrected chi connectivity index (χ3v) is 6.39. The molecule has 33 heavy (non-hydrogen) atoms. The standard InChI is InChI=1S/C24H27N3O6/c1-13-23(27(30)31)14(2)26(25-13)12-16-8-15(6-7-19(16)32-5)17-9-21(29)33-20-11-24(3,4)10-18(28)22(17)20/h6-8,17H,9-12H2,1-5H3/t17-/m0/s1. The molecule has 0 saturated heterocycles. The third kappa shape index (κ3) is 4.15. The summed E-state index contributed by atoms with van der Waals surface area (Å²) < 4.78 is 12.6. The summed E-state index contributed by atoms with van der Waals surface area (Å²) in [6.07, 6.45) is 1.02. The van der Waals surface area contributed by atoms with Crippen LogP contribution < -0.4 is 4.74 Å². The molecule has 2 aromatic rings. The molecule has 4 rings (SSSR count). The number of aryl methyl sites for hydroxylation is 1. The Bertz CT molecular complexity index is 1210. The van der Waals surface area contributed by atoms with Gasteiger partial charge in [-0.1, -0.05) is 19.9 Å². The first-order chi connectivity index (χ1) is 15.5. The maximum atomic E-state index is 13.0. The van der Waals surface area contributed by atoms with Gasteiger partial charge in [-0.15, -0.1) is 0 Å². The van der Waals surface area contributed by atoms with Gasteiger partial charge in [-0.25, -0.2) is 0 Å². The lowest BCUT2D eigenvalue weighted by Gasteiger charge is -2.36. The number of allylic oxidation sites excluding steroid dienone is 2. The monoisotopic (exact) mass is 453 g/mol. The van der Waals surface area contributed by atoms with Gasteiger partial charge in [-0.3, -0.25) is 24.4 Å². The number of nitro groups is 1. The van der Waals surface area contributed by atoms with Crippen LogP contribution in [-0.4, -0.2) is 33.6 Å². The van der Waals surface area contributed by atoms with Crippen LogP contribution in [-0.2, 0) is 20.9 Å². The Labute approximate surface area is 191 Å². The molecule has 0 fully saturated rings. The molecular formula is C24H27N3O6. The number of rotatable bonds is 5. The van der Waals surface area contributed by atoms with E-state index in [1.54, 1.807) is 31.7 Å². The van der Waals surface area contributed by atoms with E-state index in [-0.39, 0.29) is 35.8 Å². The number of aromatic nitrogens is 2. The van der Waals surface area contributed by atoms with E-state index in [2.05, 4.69) is 5.10 Å². The summed E-state index contributed by atoms with van der Waals surface area (Å²) >= 11 is 0. The van der Waals surface area contributed by atoms with Crippen molar-refractivity contribution in [1.82, 2.24) is 9.78 Å². The van der Waals surface area contributed by atoms with Crippen molar-refractivity contribution in [3.05, 3.63) is 62.2 Å². The average molecular weight is 453 g/mol. The number of carbonyl (C=O) groups excluding carboxylic acids is 2. The number of ketones is 1. The predicted molar refractivity (Wildman–Crippen MR) is 119 cm³/mol. The van der Waals surface area contributed by atoms with E-state index in [0.29, 0.717) is 41.3 Å². The van der Waals surface area contributed by atoms with Crippen molar-refractivity contribution in [2.45, 2.75) is 59.4 Å². The highest BCUT2D eigenvalue weighted by Crippen LogP contribution is 2.46. The summed E-state index contributed by atoms with van der Waals surface area (Å²) in [4.78, 5) is 36.4. The number of ether oxygens (including phenoxy) is 2. The largest absolute Gasteiger partial charge is 0.496 e. The molecule has 9 heteroatoms.